The van der Waals surface area contributed by atoms with Crippen molar-refractivity contribution < 1.29 is 34.0 Å². The lowest BCUT2D eigenvalue weighted by molar-refractivity contribution is -0.0336. The van der Waals surface area contributed by atoms with E-state index in [9.17, 15) is 24.6 Å². The minimum absolute atomic E-state index is 0.0345. The maximum absolute atomic E-state index is 14.0. The van der Waals surface area contributed by atoms with Gasteiger partial charge in [-0.15, -0.1) is 0 Å². The highest BCUT2D eigenvalue weighted by Gasteiger charge is 2.37. The van der Waals surface area contributed by atoms with Crippen molar-refractivity contribution in [1.82, 2.24) is 25.4 Å². The molecule has 5 N–H and O–H groups in total. The Hall–Kier alpha value is -5.73. The van der Waals surface area contributed by atoms with Gasteiger partial charge in [0.2, 0.25) is 5.56 Å². The zero-order chi connectivity index (χ0) is 42.8. The average Bonchev–Trinajstić information content (AvgIpc) is 3.31. The fourth-order valence-corrected chi connectivity index (χ4v) is 9.02. The van der Waals surface area contributed by atoms with Gasteiger partial charge in [-0.1, -0.05) is 60.7 Å². The molecule has 62 heavy (non-hydrogen) atoms. The molecule has 0 saturated carbocycles. The molecule has 2 amide bonds. The van der Waals surface area contributed by atoms with Gasteiger partial charge in [-0.25, -0.2) is 4.79 Å². The number of aliphatic hydroxyl groups is 1. The second kappa shape index (κ2) is 20.4. The van der Waals surface area contributed by atoms with Crippen LogP contribution in [0.4, 0.5) is 4.79 Å². The number of nitrogens with one attached hydrogen (secondary N) is 3. The lowest BCUT2D eigenvalue weighted by atomic mass is 9.86. The third-order valence-corrected chi connectivity index (χ3v) is 12.5. The quantitative estimate of drug-likeness (QED) is 0.0671. The molecule has 326 valence electrons. The van der Waals surface area contributed by atoms with Crippen LogP contribution in [0.2, 0.25) is 0 Å². The smallest absolute Gasteiger partial charge is 0.408 e. The molecular weight excluding hydrogens is 787 g/mol. The van der Waals surface area contributed by atoms with E-state index in [1.807, 2.05) is 83.8 Å². The molecule has 9 rings (SSSR count). The van der Waals surface area contributed by atoms with E-state index >= 15 is 0 Å². The summed E-state index contributed by atoms with van der Waals surface area (Å²) >= 11 is 0. The zero-order valence-corrected chi connectivity index (χ0v) is 35.0. The Morgan fingerprint density at radius 3 is 2.44 bits per heavy atom. The zero-order valence-electron chi connectivity index (χ0n) is 35.0. The number of carbonyl (C=O) groups is 2. The number of piperidine rings is 3. The third-order valence-electron chi connectivity index (χ3n) is 12.5. The monoisotopic (exact) mass is 843 g/mol. The number of alkyl carbamates (subject to hydrolysis) is 1. The van der Waals surface area contributed by atoms with Crippen LogP contribution in [0.25, 0.3) is 10.9 Å². The summed E-state index contributed by atoms with van der Waals surface area (Å²) in [6, 6.07) is 30.9. The van der Waals surface area contributed by atoms with E-state index in [0.29, 0.717) is 85.5 Å². The normalized spacial score (nSPS) is 19.7. The number of ether oxygens (including phenoxy) is 3. The molecule has 1 unspecified atom stereocenters. The van der Waals surface area contributed by atoms with Gasteiger partial charge in [0.05, 0.1) is 17.7 Å². The van der Waals surface area contributed by atoms with E-state index in [4.69, 9.17) is 14.2 Å². The van der Waals surface area contributed by atoms with E-state index in [2.05, 4.69) is 20.5 Å². The highest BCUT2D eigenvalue weighted by molar-refractivity contribution is 5.94. The van der Waals surface area contributed by atoms with E-state index in [0.717, 1.165) is 62.0 Å². The van der Waals surface area contributed by atoms with Crippen LogP contribution in [-0.2, 0) is 16.1 Å². The van der Waals surface area contributed by atoms with Crippen molar-refractivity contribution in [2.24, 2.45) is 11.8 Å². The second-order valence-corrected chi connectivity index (χ2v) is 16.8. The number of aromatic amines is 1. The molecule has 4 aliphatic heterocycles. The summed E-state index contributed by atoms with van der Waals surface area (Å²) in [4.78, 5) is 46.1. The van der Waals surface area contributed by atoms with Crippen LogP contribution in [0.3, 0.4) is 0 Å². The number of amides is 2. The topological polar surface area (TPSA) is 166 Å². The number of phenolic OH excluding ortho intramolecular Hbond substituents is 1. The summed E-state index contributed by atoms with van der Waals surface area (Å²) in [5, 5.41) is 28.2. The summed E-state index contributed by atoms with van der Waals surface area (Å²) in [7, 11) is 0. The number of phenols is 1. The molecule has 3 atom stereocenters. The number of hydrogen-bond acceptors (Lipinski definition) is 10. The first kappa shape index (κ1) is 42.9. The number of aromatic hydroxyl groups is 1. The molecule has 0 spiro atoms. The van der Waals surface area contributed by atoms with Crippen LogP contribution in [0, 0.1) is 11.8 Å². The van der Waals surface area contributed by atoms with E-state index in [-0.39, 0.29) is 29.9 Å². The standard InChI is InChI=1S/C49H57N5O8/c55-42-16-14-40(41-15-17-45(57)51-47(41)42)43(56)29-50-22-5-23-54(30-33-20-26-60-27-21-33)48(58)37-12-10-34(11-13-37)32-61-39-9-4-8-38(28-39)46(36-6-2-1-3-7-36)52-49(59)62-44-31-53-24-18-35(44)19-25-53/h1-4,6-17,28,33,35,43-44,46,50,55-56H,5,18-27,29-32H2,(H,51,57)(H,52,59)/t43-,44+,46?/m1/s1. The Balaban J connectivity index is 0.862. The molecule has 0 aliphatic carbocycles. The van der Waals surface area contributed by atoms with Crippen molar-refractivity contribution >= 4 is 22.9 Å². The summed E-state index contributed by atoms with van der Waals surface area (Å²) < 4.78 is 17.9. The number of fused-ring (bicyclic) bond motifs is 4. The maximum atomic E-state index is 14.0. The molecule has 5 heterocycles. The van der Waals surface area contributed by atoms with Crippen LogP contribution < -0.4 is 20.9 Å². The number of aliphatic hydroxyl groups excluding tert-OH is 1. The van der Waals surface area contributed by atoms with Gasteiger partial charge in [0, 0.05) is 56.4 Å². The minimum atomic E-state index is -0.867. The average molecular weight is 844 g/mol. The number of aromatic nitrogens is 1. The fraction of sp³-hybridized carbons (Fsp3) is 0.408. The van der Waals surface area contributed by atoms with Gasteiger partial charge in [-0.05, 0) is 122 Å². The maximum Gasteiger partial charge on any atom is 0.408 e. The number of benzene rings is 4. The van der Waals surface area contributed by atoms with Crippen LogP contribution in [0.1, 0.15) is 76.9 Å². The Bertz CT molecular complexity index is 2330. The molecule has 2 bridgehead atoms. The van der Waals surface area contributed by atoms with Crippen molar-refractivity contribution in [3.8, 4) is 11.5 Å². The van der Waals surface area contributed by atoms with E-state index in [1.54, 1.807) is 12.1 Å². The van der Waals surface area contributed by atoms with Crippen LogP contribution in [0.5, 0.6) is 11.5 Å². The molecule has 13 nitrogen and oxygen atoms in total. The lowest BCUT2D eigenvalue weighted by Crippen LogP contribution is -2.52. The van der Waals surface area contributed by atoms with Gasteiger partial charge in [0.1, 0.15) is 24.2 Å². The Morgan fingerprint density at radius 1 is 0.903 bits per heavy atom. The minimum Gasteiger partial charge on any atom is -0.506 e. The first-order valence-corrected chi connectivity index (χ1v) is 21.9. The number of pyridine rings is 1. The summed E-state index contributed by atoms with van der Waals surface area (Å²) in [6.45, 7) is 6.65. The van der Waals surface area contributed by atoms with Crippen LogP contribution in [-0.4, -0.2) is 102 Å². The summed E-state index contributed by atoms with van der Waals surface area (Å²) in [6.07, 6.45) is 3.25. The van der Waals surface area contributed by atoms with Crippen molar-refractivity contribution in [2.75, 3.05) is 59.0 Å². The number of H-pyrrole nitrogens is 1. The Morgan fingerprint density at radius 2 is 1.68 bits per heavy atom. The first-order valence-electron chi connectivity index (χ1n) is 21.9. The fourth-order valence-electron chi connectivity index (χ4n) is 9.02. The van der Waals surface area contributed by atoms with Crippen LogP contribution >= 0.6 is 0 Å². The molecule has 0 radical (unpaired) electrons. The van der Waals surface area contributed by atoms with Gasteiger partial charge in [0.15, 0.2) is 0 Å². The summed E-state index contributed by atoms with van der Waals surface area (Å²) in [5.41, 5.74) is 3.90. The molecule has 1 aromatic heterocycles. The summed E-state index contributed by atoms with van der Waals surface area (Å²) in [5.74, 6) is 1.34. The molecule has 4 aromatic carbocycles. The third kappa shape index (κ3) is 10.8. The molecule has 4 fully saturated rings. The Kier molecular flexibility index (Phi) is 14.1. The number of hydrogen-bond donors (Lipinski definition) is 5. The SMILES string of the molecule is O=C(NC(c1ccccc1)c1cccc(OCc2ccc(C(=O)N(CCCNC[C@@H](O)c3ccc(O)c4[nH]c(=O)ccc34)CC3CCOCC3)cc2)c1)O[C@H]1CN2CCC1CC2. The molecule has 13 heteroatoms. The Labute approximate surface area is 362 Å². The van der Waals surface area contributed by atoms with Crippen molar-refractivity contribution in [3.05, 3.63) is 141 Å². The molecule has 4 aliphatic rings. The van der Waals surface area contributed by atoms with Gasteiger partial charge in [-0.2, -0.15) is 0 Å². The van der Waals surface area contributed by atoms with Gasteiger partial charge < -0.3 is 44.9 Å². The van der Waals surface area contributed by atoms with E-state index in [1.165, 1.54) is 12.1 Å². The number of rotatable bonds is 17. The van der Waals surface area contributed by atoms with E-state index < -0.39 is 18.2 Å². The number of nitrogens with zero attached hydrogens (tertiary/aromatic N) is 2. The molecular formula is C49H57N5O8. The van der Waals surface area contributed by atoms with Crippen molar-refractivity contribution in [2.45, 2.75) is 57.0 Å². The highest BCUT2D eigenvalue weighted by Crippen LogP contribution is 2.32. The van der Waals surface area contributed by atoms with Crippen LogP contribution in [0.15, 0.2) is 108 Å². The van der Waals surface area contributed by atoms with Gasteiger partial charge in [0.25, 0.3) is 5.91 Å². The van der Waals surface area contributed by atoms with Gasteiger partial charge in [-0.3, -0.25) is 14.5 Å². The predicted molar refractivity (Wildman–Crippen MR) is 236 cm³/mol. The lowest BCUT2D eigenvalue weighted by Gasteiger charge is -2.43. The van der Waals surface area contributed by atoms with Gasteiger partial charge >= 0.3 is 6.09 Å². The first-order chi connectivity index (χ1) is 30.3. The van der Waals surface area contributed by atoms with Crippen molar-refractivity contribution in [3.63, 3.8) is 0 Å². The van der Waals surface area contributed by atoms with Crippen molar-refractivity contribution in [1.29, 1.82) is 0 Å². The highest BCUT2D eigenvalue weighted by atomic mass is 16.6. The molecule has 5 aromatic rings. The second-order valence-electron chi connectivity index (χ2n) is 16.8. The largest absolute Gasteiger partial charge is 0.506 e. The molecule has 4 saturated heterocycles. The number of carbonyl (C=O) groups excluding carboxylic acids is 2. The predicted octanol–water partition coefficient (Wildman–Crippen LogP) is 6.30.